The van der Waals surface area contributed by atoms with Gasteiger partial charge in [-0.25, -0.2) is 9.78 Å². The molecule has 148 valence electrons. The first-order chi connectivity index (χ1) is 12.9. The maximum atomic E-state index is 12.2. The molecule has 27 heavy (non-hydrogen) atoms. The Hall–Kier alpha value is -2.24. The van der Waals surface area contributed by atoms with Gasteiger partial charge in [-0.3, -0.25) is 4.40 Å². The minimum atomic E-state index is -1.56. The fraction of sp³-hybridized carbons (Fsp3) is 0.529. The monoisotopic (exact) mass is 382 g/mol. The van der Waals surface area contributed by atoms with E-state index >= 15 is 0 Å². The highest BCUT2D eigenvalue weighted by molar-refractivity contribution is 5.90. The molecule has 2 aromatic rings. The molecule has 0 aliphatic carbocycles. The van der Waals surface area contributed by atoms with Crippen LogP contribution in [0.2, 0.25) is 0 Å². The molecule has 2 aromatic heterocycles. The fourth-order valence-corrected chi connectivity index (χ4v) is 2.98. The molecule has 0 bridgehead atoms. The summed E-state index contributed by atoms with van der Waals surface area (Å²) >= 11 is 0. The molecule has 1 aliphatic rings. The van der Waals surface area contributed by atoms with E-state index in [4.69, 9.17) is 14.2 Å². The van der Waals surface area contributed by atoms with E-state index < -0.39 is 43.3 Å². The molecule has 1 aliphatic heterocycles. The standard InChI is InChI=1S/C17H22N2O8/c1-3-25-16(24)11-8(2)18-15-9(5-4-6-19(11)15)26-17-14(23)13(22)12(21)10(7-20)27-17/h4-6,10,12-14,17,20-23H,3,7H2,1-2H3/t10-,12-,13+,14-,17-/m1/s1. The first kappa shape index (κ1) is 19.5. The van der Waals surface area contributed by atoms with Gasteiger partial charge in [0.25, 0.3) is 0 Å². The SMILES string of the molecule is CCOC(=O)c1c(C)nc2c(O[C@@H]3O[C@H](CO)[C@@H](O)[C@H](O)[C@H]3O)cccn12. The molecule has 0 unspecified atom stereocenters. The predicted molar refractivity (Wildman–Crippen MR) is 90.3 cm³/mol. The van der Waals surface area contributed by atoms with Crippen molar-refractivity contribution in [1.82, 2.24) is 9.38 Å². The second-order valence-electron chi connectivity index (χ2n) is 6.15. The molecule has 10 heteroatoms. The number of fused-ring (bicyclic) bond motifs is 1. The van der Waals surface area contributed by atoms with Crippen molar-refractivity contribution >= 4 is 11.6 Å². The zero-order valence-corrected chi connectivity index (χ0v) is 14.8. The summed E-state index contributed by atoms with van der Waals surface area (Å²) in [5.41, 5.74) is 0.958. The Morgan fingerprint density at radius 1 is 1.30 bits per heavy atom. The van der Waals surface area contributed by atoms with Gasteiger partial charge in [0.15, 0.2) is 17.1 Å². The average Bonchev–Trinajstić information content (AvgIpc) is 2.99. The Morgan fingerprint density at radius 2 is 2.04 bits per heavy atom. The molecule has 10 nitrogen and oxygen atoms in total. The summed E-state index contributed by atoms with van der Waals surface area (Å²) in [7, 11) is 0. The summed E-state index contributed by atoms with van der Waals surface area (Å²) in [5, 5.41) is 39.1. The summed E-state index contributed by atoms with van der Waals surface area (Å²) in [6, 6.07) is 3.16. The lowest BCUT2D eigenvalue weighted by Gasteiger charge is -2.39. The molecule has 0 radical (unpaired) electrons. The second kappa shape index (κ2) is 7.79. The van der Waals surface area contributed by atoms with Crippen LogP contribution in [0.25, 0.3) is 5.65 Å². The van der Waals surface area contributed by atoms with E-state index in [2.05, 4.69) is 4.98 Å². The number of ether oxygens (including phenoxy) is 3. The van der Waals surface area contributed by atoms with Crippen molar-refractivity contribution in [3.8, 4) is 5.75 Å². The number of hydrogen-bond donors (Lipinski definition) is 4. The molecule has 3 heterocycles. The highest BCUT2D eigenvalue weighted by atomic mass is 16.7. The van der Waals surface area contributed by atoms with Crippen LogP contribution in [0.1, 0.15) is 23.1 Å². The highest BCUT2D eigenvalue weighted by Crippen LogP contribution is 2.28. The number of nitrogens with zero attached hydrogens (tertiary/aromatic N) is 2. The number of aliphatic hydroxyl groups excluding tert-OH is 4. The molecule has 0 saturated carbocycles. The zero-order chi connectivity index (χ0) is 19.7. The third-order valence-electron chi connectivity index (χ3n) is 4.35. The number of hydrogen-bond acceptors (Lipinski definition) is 9. The molecule has 0 amide bonds. The molecule has 1 fully saturated rings. The van der Waals surface area contributed by atoms with E-state index in [1.807, 2.05) is 0 Å². The van der Waals surface area contributed by atoms with E-state index in [0.717, 1.165) is 0 Å². The summed E-state index contributed by atoms with van der Waals surface area (Å²) < 4.78 is 17.5. The summed E-state index contributed by atoms with van der Waals surface area (Å²) in [6.07, 6.45) is -5.42. The maximum absolute atomic E-state index is 12.2. The van der Waals surface area contributed by atoms with Gasteiger partial charge in [0.1, 0.15) is 24.4 Å². The largest absolute Gasteiger partial charge is 0.461 e. The van der Waals surface area contributed by atoms with Gasteiger partial charge in [-0.05, 0) is 26.0 Å². The number of imidazole rings is 1. The third kappa shape index (κ3) is 3.49. The van der Waals surface area contributed by atoms with Gasteiger partial charge in [-0.2, -0.15) is 0 Å². The van der Waals surface area contributed by atoms with Crippen molar-refractivity contribution in [3.05, 3.63) is 29.7 Å². The first-order valence-electron chi connectivity index (χ1n) is 8.51. The number of aromatic nitrogens is 2. The van der Waals surface area contributed by atoms with Crippen molar-refractivity contribution in [2.24, 2.45) is 0 Å². The summed E-state index contributed by atoms with van der Waals surface area (Å²) in [6.45, 7) is 3.00. The van der Waals surface area contributed by atoms with Crippen LogP contribution < -0.4 is 4.74 Å². The van der Waals surface area contributed by atoms with E-state index in [1.54, 1.807) is 32.2 Å². The van der Waals surface area contributed by atoms with Gasteiger partial charge in [0, 0.05) is 6.20 Å². The molecule has 0 spiro atoms. The molecule has 3 rings (SSSR count). The number of esters is 1. The van der Waals surface area contributed by atoms with Crippen LogP contribution in [-0.2, 0) is 9.47 Å². The normalized spacial score (nSPS) is 28.3. The fourth-order valence-electron chi connectivity index (χ4n) is 2.98. The number of carbonyl (C=O) groups is 1. The lowest BCUT2D eigenvalue weighted by atomic mass is 9.99. The van der Waals surface area contributed by atoms with E-state index in [9.17, 15) is 25.2 Å². The van der Waals surface area contributed by atoms with Gasteiger partial charge in [-0.1, -0.05) is 0 Å². The highest BCUT2D eigenvalue weighted by Gasteiger charge is 2.45. The lowest BCUT2D eigenvalue weighted by molar-refractivity contribution is -0.277. The van der Waals surface area contributed by atoms with Crippen LogP contribution in [0.3, 0.4) is 0 Å². The second-order valence-corrected chi connectivity index (χ2v) is 6.15. The Kier molecular flexibility index (Phi) is 5.63. The van der Waals surface area contributed by atoms with Gasteiger partial charge >= 0.3 is 5.97 Å². The minimum absolute atomic E-state index is 0.181. The quantitative estimate of drug-likeness (QED) is 0.479. The van der Waals surface area contributed by atoms with Gasteiger partial charge in [-0.15, -0.1) is 0 Å². The van der Waals surface area contributed by atoms with E-state index in [-0.39, 0.29) is 23.7 Å². The molecule has 0 aromatic carbocycles. The van der Waals surface area contributed by atoms with Crippen LogP contribution in [0, 0.1) is 6.92 Å². The van der Waals surface area contributed by atoms with Crippen LogP contribution in [0.15, 0.2) is 18.3 Å². The number of aliphatic hydroxyl groups is 4. The molecule has 5 atom stereocenters. The lowest BCUT2D eigenvalue weighted by Crippen LogP contribution is -2.60. The Morgan fingerprint density at radius 3 is 2.70 bits per heavy atom. The topological polar surface area (TPSA) is 143 Å². The van der Waals surface area contributed by atoms with E-state index in [0.29, 0.717) is 5.69 Å². The zero-order valence-electron chi connectivity index (χ0n) is 14.8. The van der Waals surface area contributed by atoms with Crippen molar-refractivity contribution in [1.29, 1.82) is 0 Å². The number of pyridine rings is 1. The Bertz CT molecular complexity index is 821. The van der Waals surface area contributed by atoms with Crippen molar-refractivity contribution < 1.29 is 39.4 Å². The minimum Gasteiger partial charge on any atom is -0.461 e. The summed E-state index contributed by atoms with van der Waals surface area (Å²) in [4.78, 5) is 16.5. The summed E-state index contributed by atoms with van der Waals surface area (Å²) in [5.74, 6) is -0.354. The van der Waals surface area contributed by atoms with Crippen LogP contribution in [-0.4, -0.2) is 79.7 Å². The Balaban J connectivity index is 1.94. The van der Waals surface area contributed by atoms with Gasteiger partial charge < -0.3 is 34.6 Å². The number of carbonyl (C=O) groups excluding carboxylic acids is 1. The Labute approximate surface area is 154 Å². The van der Waals surface area contributed by atoms with Crippen molar-refractivity contribution in [3.63, 3.8) is 0 Å². The average molecular weight is 382 g/mol. The molecule has 1 saturated heterocycles. The van der Waals surface area contributed by atoms with Gasteiger partial charge in [0.2, 0.25) is 6.29 Å². The van der Waals surface area contributed by atoms with Gasteiger partial charge in [0.05, 0.1) is 18.9 Å². The third-order valence-corrected chi connectivity index (χ3v) is 4.35. The van der Waals surface area contributed by atoms with E-state index in [1.165, 1.54) is 4.40 Å². The number of rotatable bonds is 5. The first-order valence-corrected chi connectivity index (χ1v) is 8.51. The predicted octanol–water partition coefficient (Wildman–Crippen LogP) is -1.00. The maximum Gasteiger partial charge on any atom is 0.357 e. The van der Waals surface area contributed by atoms with Crippen LogP contribution in [0.5, 0.6) is 5.75 Å². The smallest absolute Gasteiger partial charge is 0.357 e. The molecule has 4 N–H and O–H groups in total. The molecular weight excluding hydrogens is 360 g/mol. The van der Waals surface area contributed by atoms with Crippen molar-refractivity contribution in [2.45, 2.75) is 44.6 Å². The van der Waals surface area contributed by atoms with Crippen LogP contribution in [0.4, 0.5) is 0 Å². The molecular formula is C17H22N2O8. The van der Waals surface area contributed by atoms with Crippen molar-refractivity contribution in [2.75, 3.05) is 13.2 Å². The number of aryl methyl sites for hydroxylation is 1. The van der Waals surface area contributed by atoms with Crippen LogP contribution >= 0.6 is 0 Å².